The first-order valence-electron chi connectivity index (χ1n) is 11.2. The molecule has 0 saturated carbocycles. The molecule has 0 atom stereocenters. The summed E-state index contributed by atoms with van der Waals surface area (Å²) in [5.41, 5.74) is 0.0329. The van der Waals surface area contributed by atoms with Crippen LogP contribution in [0.15, 0.2) is 75.8 Å². The molecular weight excluding hydrogens is 576 g/mol. The monoisotopic (exact) mass is 595 g/mol. The average Bonchev–Trinajstić information content (AvgIpc) is 2.85. The van der Waals surface area contributed by atoms with Crippen molar-refractivity contribution in [3.8, 4) is 11.5 Å². The standard InChI is InChI=1S/C26H21Cl2N3O6S.Na/c1-3-37-22-9-8-16(27)11-21(22)29-26(33)19-10-15-6-4-5-7-18(15)24(25(19)32)31-30-20-12-17(28)13-23(14(20)2)38(34,35)36;/h4-13,32H,3H2,1-2H3,(H,29,33)(H,34,35,36);/q;+1/p-1. The van der Waals surface area contributed by atoms with E-state index < -0.39 is 26.7 Å². The van der Waals surface area contributed by atoms with Crippen molar-refractivity contribution in [1.82, 2.24) is 0 Å². The van der Waals surface area contributed by atoms with Gasteiger partial charge in [-0.3, -0.25) is 9.35 Å². The summed E-state index contributed by atoms with van der Waals surface area (Å²) in [6.45, 7) is 3.55. The van der Waals surface area contributed by atoms with Crippen molar-refractivity contribution in [3.63, 3.8) is 0 Å². The van der Waals surface area contributed by atoms with Crippen molar-refractivity contribution in [1.29, 1.82) is 0 Å². The van der Waals surface area contributed by atoms with Gasteiger partial charge in [0.2, 0.25) is 0 Å². The number of halogens is 2. The van der Waals surface area contributed by atoms with E-state index in [0.29, 0.717) is 28.2 Å². The Morgan fingerprint density at radius 3 is 2.46 bits per heavy atom. The molecule has 0 aliphatic rings. The predicted molar refractivity (Wildman–Crippen MR) is 144 cm³/mol. The third kappa shape index (κ3) is 6.90. The van der Waals surface area contributed by atoms with Gasteiger partial charge in [0.1, 0.15) is 10.6 Å². The van der Waals surface area contributed by atoms with Crippen molar-refractivity contribution >= 4 is 67.1 Å². The number of hydrogen-bond acceptors (Lipinski definition) is 7. The van der Waals surface area contributed by atoms with Crippen LogP contribution in [0.2, 0.25) is 10.0 Å². The van der Waals surface area contributed by atoms with Gasteiger partial charge in [-0.25, -0.2) is 0 Å². The quantitative estimate of drug-likeness (QED) is 0.189. The molecule has 9 nitrogen and oxygen atoms in total. The first-order valence-corrected chi connectivity index (χ1v) is 13.3. The zero-order valence-corrected chi connectivity index (χ0v) is 25.4. The minimum Gasteiger partial charge on any atom is -0.870 e. The first-order chi connectivity index (χ1) is 18.0. The van der Waals surface area contributed by atoms with E-state index in [1.807, 2.05) is 0 Å². The number of benzene rings is 4. The molecular formula is C26H20Cl2N3NaO6S. The van der Waals surface area contributed by atoms with Crippen LogP contribution in [0.5, 0.6) is 11.5 Å². The van der Waals surface area contributed by atoms with E-state index in [1.165, 1.54) is 25.1 Å². The van der Waals surface area contributed by atoms with Gasteiger partial charge in [-0.05, 0) is 61.2 Å². The number of nitrogens with one attached hydrogen (secondary N) is 1. The third-order valence-corrected chi connectivity index (χ3v) is 6.98. The molecule has 0 saturated heterocycles. The molecule has 0 radical (unpaired) electrons. The fraction of sp³-hybridized carbons (Fsp3) is 0.115. The van der Waals surface area contributed by atoms with Gasteiger partial charge >= 0.3 is 29.6 Å². The van der Waals surface area contributed by atoms with E-state index >= 15 is 0 Å². The summed E-state index contributed by atoms with van der Waals surface area (Å²) in [6, 6.07) is 15.4. The normalized spacial score (nSPS) is 11.4. The number of carbonyl (C=O) groups excluding carboxylic acids is 1. The Balaban J connectivity index is 0.00000420. The van der Waals surface area contributed by atoms with Crippen LogP contribution < -0.4 is 44.7 Å². The van der Waals surface area contributed by atoms with Gasteiger partial charge in [0, 0.05) is 21.0 Å². The molecule has 13 heteroatoms. The van der Waals surface area contributed by atoms with Crippen LogP contribution >= 0.6 is 23.2 Å². The fourth-order valence-electron chi connectivity index (χ4n) is 3.76. The molecule has 0 spiro atoms. The summed E-state index contributed by atoms with van der Waals surface area (Å²) in [5.74, 6) is -1.04. The van der Waals surface area contributed by atoms with Gasteiger partial charge in [0.25, 0.3) is 16.0 Å². The number of hydrogen-bond donors (Lipinski definition) is 2. The number of anilines is 1. The van der Waals surface area contributed by atoms with E-state index in [1.54, 1.807) is 43.3 Å². The average molecular weight is 596 g/mol. The minimum absolute atomic E-state index is 0. The Kier molecular flexibility index (Phi) is 10.0. The fourth-order valence-corrected chi connectivity index (χ4v) is 4.98. The summed E-state index contributed by atoms with van der Waals surface area (Å²) in [7, 11) is -4.58. The van der Waals surface area contributed by atoms with Crippen LogP contribution in [0.1, 0.15) is 22.8 Å². The zero-order chi connectivity index (χ0) is 27.6. The van der Waals surface area contributed by atoms with Crippen molar-refractivity contribution in [2.75, 3.05) is 11.9 Å². The number of fused-ring (bicyclic) bond motifs is 1. The Labute approximate surface area is 256 Å². The van der Waals surface area contributed by atoms with Gasteiger partial charge in [-0.2, -0.15) is 18.6 Å². The number of amides is 1. The Bertz CT molecular complexity index is 1710. The van der Waals surface area contributed by atoms with Gasteiger partial charge in [0.05, 0.1) is 23.7 Å². The van der Waals surface area contributed by atoms with E-state index in [9.17, 15) is 22.9 Å². The molecule has 0 bridgehead atoms. The summed E-state index contributed by atoms with van der Waals surface area (Å²) >= 11 is 12.1. The van der Waals surface area contributed by atoms with Crippen molar-refractivity contribution in [2.45, 2.75) is 18.7 Å². The molecule has 0 unspecified atom stereocenters. The molecule has 4 rings (SSSR count). The Morgan fingerprint density at radius 2 is 1.77 bits per heavy atom. The van der Waals surface area contributed by atoms with Crippen LogP contribution in [-0.4, -0.2) is 25.5 Å². The second kappa shape index (κ2) is 12.6. The maximum atomic E-state index is 13.5. The molecule has 4 aromatic carbocycles. The second-order valence-electron chi connectivity index (χ2n) is 8.07. The summed E-state index contributed by atoms with van der Waals surface area (Å²) in [6.07, 6.45) is 0. The number of ether oxygens (including phenoxy) is 1. The maximum Gasteiger partial charge on any atom is 1.00 e. The molecule has 0 heterocycles. The topological polar surface area (TPSA) is 140 Å². The maximum absolute atomic E-state index is 13.5. The van der Waals surface area contributed by atoms with Crippen molar-refractivity contribution < 1.29 is 57.2 Å². The largest absolute Gasteiger partial charge is 1.00 e. The van der Waals surface area contributed by atoms with Gasteiger partial charge in [-0.1, -0.05) is 53.2 Å². The van der Waals surface area contributed by atoms with Crippen LogP contribution in [0.3, 0.4) is 0 Å². The third-order valence-electron chi connectivity index (χ3n) is 5.54. The molecule has 0 aliphatic carbocycles. The van der Waals surface area contributed by atoms with E-state index in [-0.39, 0.29) is 62.8 Å². The molecule has 0 aromatic heterocycles. The summed E-state index contributed by atoms with van der Waals surface area (Å²) in [4.78, 5) is 12.8. The first kappa shape index (κ1) is 30.8. The van der Waals surface area contributed by atoms with E-state index in [0.717, 1.165) is 6.07 Å². The molecule has 4 aromatic rings. The molecule has 2 N–H and O–H groups in total. The minimum atomic E-state index is -4.58. The van der Waals surface area contributed by atoms with Crippen LogP contribution in [0.25, 0.3) is 10.8 Å². The number of rotatable bonds is 7. The molecule has 0 aliphatic heterocycles. The van der Waals surface area contributed by atoms with Crippen LogP contribution in [0, 0.1) is 6.92 Å². The van der Waals surface area contributed by atoms with Gasteiger partial charge in [-0.15, -0.1) is 0 Å². The van der Waals surface area contributed by atoms with E-state index in [4.69, 9.17) is 27.9 Å². The summed E-state index contributed by atoms with van der Waals surface area (Å²) < 4.78 is 38.5. The smallest absolute Gasteiger partial charge is 0.870 e. The van der Waals surface area contributed by atoms with Crippen LogP contribution in [0.4, 0.5) is 17.1 Å². The summed E-state index contributed by atoms with van der Waals surface area (Å²) in [5, 5.41) is 25.6. The second-order valence-corrected chi connectivity index (χ2v) is 10.3. The van der Waals surface area contributed by atoms with Crippen molar-refractivity contribution in [2.24, 2.45) is 10.2 Å². The van der Waals surface area contributed by atoms with Gasteiger partial charge < -0.3 is 15.2 Å². The Morgan fingerprint density at radius 1 is 1.05 bits per heavy atom. The predicted octanol–water partition coefficient (Wildman–Crippen LogP) is 3.85. The molecule has 1 amide bonds. The number of carbonyl (C=O) groups is 1. The number of nitrogens with zero attached hydrogens (tertiary/aromatic N) is 2. The SMILES string of the molecule is CCOc1ccc(Cl)cc1NC(=O)c1cc2ccccc2c(N=Nc2cc(Cl)cc(S(=O)(=O)O)c2C)c1[O-].[Na+]. The molecule has 39 heavy (non-hydrogen) atoms. The zero-order valence-electron chi connectivity index (χ0n) is 21.0. The van der Waals surface area contributed by atoms with Crippen LogP contribution in [-0.2, 0) is 10.1 Å². The van der Waals surface area contributed by atoms with Gasteiger partial charge in [0.15, 0.2) is 0 Å². The Hall–Kier alpha value is -2.70. The molecule has 196 valence electrons. The molecule has 0 fully saturated rings. The van der Waals surface area contributed by atoms with E-state index in [2.05, 4.69) is 15.5 Å². The number of azo groups is 1. The van der Waals surface area contributed by atoms with Crippen molar-refractivity contribution in [3.05, 3.63) is 81.8 Å².